The number of carbonyl (C=O) groups excluding carboxylic acids is 2. The average Bonchev–Trinajstić information content (AvgIpc) is 3.76. The van der Waals surface area contributed by atoms with Crippen molar-refractivity contribution in [2.24, 2.45) is 5.92 Å². The van der Waals surface area contributed by atoms with Crippen molar-refractivity contribution in [3.63, 3.8) is 0 Å². The van der Waals surface area contributed by atoms with Crippen molar-refractivity contribution in [3.05, 3.63) is 124 Å². The van der Waals surface area contributed by atoms with Gasteiger partial charge in [0.2, 0.25) is 0 Å². The van der Waals surface area contributed by atoms with Gasteiger partial charge in [-0.15, -0.1) is 0 Å². The van der Waals surface area contributed by atoms with Crippen molar-refractivity contribution in [2.45, 2.75) is 26.7 Å². The van der Waals surface area contributed by atoms with E-state index in [1.54, 1.807) is 55.4 Å². The molecule has 0 bridgehead atoms. The minimum atomic E-state index is -0.571. The Hall–Kier alpha value is -5.53. The number of allylic oxidation sites excluding steroid dienone is 1. The van der Waals surface area contributed by atoms with Gasteiger partial charge in [0.1, 0.15) is 11.8 Å². The monoisotopic (exact) mass is 629 g/mol. The van der Waals surface area contributed by atoms with Gasteiger partial charge < -0.3 is 14.8 Å². The van der Waals surface area contributed by atoms with E-state index in [4.69, 9.17) is 9.47 Å². The molecule has 0 amide bonds. The third-order valence-electron chi connectivity index (χ3n) is 7.65. The van der Waals surface area contributed by atoms with Gasteiger partial charge in [-0.25, -0.2) is 14.6 Å². The summed E-state index contributed by atoms with van der Waals surface area (Å²) in [6.07, 6.45) is 9.71. The van der Waals surface area contributed by atoms with E-state index >= 15 is 0 Å². The Labute approximate surface area is 270 Å². The quantitative estimate of drug-likeness (QED) is 0.159. The summed E-state index contributed by atoms with van der Waals surface area (Å²) in [4.78, 5) is 40.0. The predicted molar refractivity (Wildman–Crippen MR) is 176 cm³/mol. The maximum atomic E-state index is 13.7. The highest BCUT2D eigenvalue weighted by atomic mass is 32.1. The van der Waals surface area contributed by atoms with E-state index in [-0.39, 0.29) is 13.2 Å². The lowest BCUT2D eigenvalue weighted by atomic mass is 9.80. The molecule has 1 unspecified atom stereocenters. The zero-order chi connectivity index (χ0) is 31.9. The largest absolute Gasteiger partial charge is 0.463 e. The standard InChI is InChI=1S/C36H31N5O4S/c1-3-44-36(43)33-29(13-8-26-15-19-46-22-26)32(35(42)45-18-5-7-25-6-4-16-37-20-25)24(2)40-34(33)27-9-11-28(12-10-27)41-23-39-30-21-38-17-14-31(30)41/h4,6,9-12,14-17,19-23,29,40H,3,8,13,18H2,1-2H3. The Morgan fingerprint density at radius 3 is 2.59 bits per heavy atom. The summed E-state index contributed by atoms with van der Waals surface area (Å²) in [7, 11) is 0. The minimum Gasteiger partial charge on any atom is -0.463 e. The van der Waals surface area contributed by atoms with Gasteiger partial charge >= 0.3 is 11.9 Å². The van der Waals surface area contributed by atoms with Crippen LogP contribution in [0.25, 0.3) is 22.4 Å². The number of imidazole rings is 1. The maximum absolute atomic E-state index is 13.7. The molecule has 46 heavy (non-hydrogen) atoms. The fraction of sp³-hybridized carbons (Fsp3) is 0.194. The highest BCUT2D eigenvalue weighted by molar-refractivity contribution is 7.07. The van der Waals surface area contributed by atoms with Crippen LogP contribution in [-0.4, -0.2) is 44.7 Å². The van der Waals surface area contributed by atoms with Crippen molar-refractivity contribution in [1.82, 2.24) is 24.8 Å². The lowest BCUT2D eigenvalue weighted by Gasteiger charge is -2.31. The summed E-state index contributed by atoms with van der Waals surface area (Å²) in [5.41, 5.74) is 7.28. The first-order chi connectivity index (χ1) is 22.5. The normalized spacial score (nSPS) is 14.4. The highest BCUT2D eigenvalue weighted by Gasteiger charge is 2.38. The molecular formula is C36H31N5O4S. The molecule has 10 heteroatoms. The molecule has 1 aliphatic heterocycles. The zero-order valence-corrected chi connectivity index (χ0v) is 26.2. The summed E-state index contributed by atoms with van der Waals surface area (Å²) in [5.74, 6) is 4.26. The van der Waals surface area contributed by atoms with E-state index in [1.807, 2.05) is 53.3 Å². The van der Waals surface area contributed by atoms with Crippen LogP contribution in [0.1, 0.15) is 37.0 Å². The number of hydrogen-bond donors (Lipinski definition) is 1. The Morgan fingerprint density at radius 2 is 1.83 bits per heavy atom. The van der Waals surface area contributed by atoms with Gasteiger partial charge in [0.05, 0.1) is 35.2 Å². The van der Waals surface area contributed by atoms with E-state index < -0.39 is 17.9 Å². The number of dihydropyridines is 1. The van der Waals surface area contributed by atoms with Crippen LogP contribution in [0.2, 0.25) is 0 Å². The topological polar surface area (TPSA) is 108 Å². The van der Waals surface area contributed by atoms with E-state index in [2.05, 4.69) is 43.6 Å². The third-order valence-corrected chi connectivity index (χ3v) is 8.39. The lowest BCUT2D eigenvalue weighted by molar-refractivity contribution is -0.139. The molecule has 0 radical (unpaired) electrons. The molecule has 0 aliphatic carbocycles. The minimum absolute atomic E-state index is 0.104. The van der Waals surface area contributed by atoms with Crippen LogP contribution in [0.15, 0.2) is 107 Å². The number of esters is 2. The van der Waals surface area contributed by atoms with Gasteiger partial charge in [-0.3, -0.25) is 14.5 Å². The predicted octanol–water partition coefficient (Wildman–Crippen LogP) is 5.87. The summed E-state index contributed by atoms with van der Waals surface area (Å²) < 4.78 is 13.2. The first-order valence-corrected chi connectivity index (χ1v) is 15.8. The molecule has 1 aromatic carbocycles. The van der Waals surface area contributed by atoms with Crippen molar-refractivity contribution in [2.75, 3.05) is 13.2 Å². The number of pyridine rings is 2. The van der Waals surface area contributed by atoms with E-state index in [9.17, 15) is 9.59 Å². The van der Waals surface area contributed by atoms with Crippen LogP contribution >= 0.6 is 11.3 Å². The van der Waals surface area contributed by atoms with Gasteiger partial charge in [0.25, 0.3) is 0 Å². The van der Waals surface area contributed by atoms with Crippen molar-refractivity contribution >= 4 is 40.0 Å². The number of nitrogens with zero attached hydrogens (tertiary/aromatic N) is 4. The van der Waals surface area contributed by atoms with Gasteiger partial charge in [-0.05, 0) is 85.0 Å². The second kappa shape index (κ2) is 14.1. The number of carbonyl (C=O) groups is 2. The van der Waals surface area contributed by atoms with E-state index in [0.717, 1.165) is 33.4 Å². The van der Waals surface area contributed by atoms with Crippen LogP contribution in [-0.2, 0) is 25.5 Å². The SMILES string of the molecule is CCOC(=O)C1=C(c2ccc(-n3cnc4cnccc43)cc2)NC(C)=C(C(=O)OCC#Cc2cccnc2)C1CCc1ccsc1. The number of nitrogens with one attached hydrogen (secondary N) is 1. The second-order valence-electron chi connectivity index (χ2n) is 10.5. The first kappa shape index (κ1) is 30.5. The van der Waals surface area contributed by atoms with Crippen LogP contribution in [0.4, 0.5) is 0 Å². The summed E-state index contributed by atoms with van der Waals surface area (Å²) in [5, 5.41) is 7.46. The van der Waals surface area contributed by atoms with Gasteiger partial charge in [0, 0.05) is 41.5 Å². The Bertz CT molecular complexity index is 1980. The first-order valence-electron chi connectivity index (χ1n) is 14.9. The number of thiophene rings is 1. The molecule has 4 aromatic heterocycles. The number of rotatable bonds is 9. The van der Waals surface area contributed by atoms with Crippen molar-refractivity contribution < 1.29 is 19.1 Å². The third kappa shape index (κ3) is 6.60. The Morgan fingerprint density at radius 1 is 1.00 bits per heavy atom. The number of hydrogen-bond acceptors (Lipinski definition) is 9. The molecule has 0 saturated heterocycles. The summed E-state index contributed by atoms with van der Waals surface area (Å²) >= 11 is 1.61. The molecule has 1 N–H and O–H groups in total. The summed E-state index contributed by atoms with van der Waals surface area (Å²) in [6, 6.07) is 15.4. The van der Waals surface area contributed by atoms with E-state index in [0.29, 0.717) is 35.4 Å². The highest BCUT2D eigenvalue weighted by Crippen LogP contribution is 2.38. The smallest absolute Gasteiger partial charge is 0.337 e. The van der Waals surface area contributed by atoms with Crippen molar-refractivity contribution in [1.29, 1.82) is 0 Å². The molecule has 1 atom stereocenters. The Balaban J connectivity index is 1.34. The molecule has 0 fully saturated rings. The van der Waals surface area contributed by atoms with E-state index in [1.165, 1.54) is 0 Å². The molecule has 230 valence electrons. The molecule has 6 rings (SSSR count). The number of fused-ring (bicyclic) bond motifs is 1. The number of aryl methyl sites for hydroxylation is 1. The fourth-order valence-corrected chi connectivity index (χ4v) is 6.23. The van der Waals surface area contributed by atoms with Crippen LogP contribution in [0.3, 0.4) is 0 Å². The van der Waals surface area contributed by atoms with Crippen LogP contribution in [0, 0.1) is 17.8 Å². The number of ether oxygens (including phenoxy) is 2. The van der Waals surface area contributed by atoms with Gasteiger partial charge in [-0.1, -0.05) is 24.0 Å². The molecule has 9 nitrogen and oxygen atoms in total. The average molecular weight is 630 g/mol. The number of benzene rings is 1. The maximum Gasteiger partial charge on any atom is 0.337 e. The molecule has 0 saturated carbocycles. The Kier molecular flexibility index (Phi) is 9.32. The van der Waals surface area contributed by atoms with Gasteiger partial charge in [0.15, 0.2) is 6.61 Å². The zero-order valence-electron chi connectivity index (χ0n) is 25.4. The van der Waals surface area contributed by atoms with Crippen LogP contribution in [0.5, 0.6) is 0 Å². The van der Waals surface area contributed by atoms with Crippen LogP contribution < -0.4 is 5.32 Å². The second-order valence-corrected chi connectivity index (χ2v) is 11.3. The fourth-order valence-electron chi connectivity index (χ4n) is 5.53. The molecular weight excluding hydrogens is 598 g/mol. The number of aromatic nitrogens is 4. The lowest BCUT2D eigenvalue weighted by Crippen LogP contribution is -2.34. The molecule has 0 spiro atoms. The summed E-state index contributed by atoms with van der Waals surface area (Å²) in [6.45, 7) is 3.69. The molecule has 1 aliphatic rings. The molecule has 5 heterocycles. The van der Waals surface area contributed by atoms with Gasteiger partial charge in [-0.2, -0.15) is 11.3 Å². The van der Waals surface area contributed by atoms with Crippen molar-refractivity contribution in [3.8, 4) is 17.5 Å². The molecule has 5 aromatic rings.